The van der Waals surface area contributed by atoms with Crippen LogP contribution in [0.25, 0.3) is 0 Å². The highest BCUT2D eigenvalue weighted by molar-refractivity contribution is 7.87. The third-order valence-electron chi connectivity index (χ3n) is 11.5. The second-order valence-corrected chi connectivity index (χ2v) is 15.5. The van der Waals surface area contributed by atoms with E-state index in [1.54, 1.807) is 0 Å². The summed E-state index contributed by atoms with van der Waals surface area (Å²) in [6.07, 6.45) is 10.4. The summed E-state index contributed by atoms with van der Waals surface area (Å²) >= 11 is 0. The fraction of sp³-hybridized carbons (Fsp3) is 0.900. The molecule has 224 valence electrons. The van der Waals surface area contributed by atoms with Crippen LogP contribution in [0, 0.1) is 52.3 Å². The molecule has 3 fully saturated rings. The number of rotatable bonds is 8. The Morgan fingerprint density at radius 3 is 2.28 bits per heavy atom. The molecule has 0 saturated heterocycles. The van der Waals surface area contributed by atoms with Crippen molar-refractivity contribution in [2.75, 3.05) is 7.11 Å². The summed E-state index contributed by atoms with van der Waals surface area (Å²) in [5.41, 5.74) is -5.63. The van der Waals surface area contributed by atoms with Crippen LogP contribution in [0.3, 0.4) is 0 Å². The van der Waals surface area contributed by atoms with E-state index in [4.69, 9.17) is 4.74 Å². The van der Waals surface area contributed by atoms with Gasteiger partial charge < -0.3 is 8.92 Å². The number of allylic oxidation sites excluding steroid dienone is 1. The molecule has 5 nitrogen and oxygen atoms in total. The van der Waals surface area contributed by atoms with Crippen molar-refractivity contribution in [2.24, 2.45) is 52.3 Å². The Morgan fingerprint density at radius 1 is 1.00 bits per heavy atom. The first-order valence-electron chi connectivity index (χ1n) is 14.9. The number of fused-ring (bicyclic) bond motifs is 5. The molecule has 0 N–H and O–H groups in total. The summed E-state index contributed by atoms with van der Waals surface area (Å²) in [6.45, 7) is 11.7. The number of carbonyl (C=O) groups excluding carboxylic acids is 1. The molecule has 39 heavy (non-hydrogen) atoms. The van der Waals surface area contributed by atoms with Gasteiger partial charge in [-0.1, -0.05) is 53.9 Å². The van der Waals surface area contributed by atoms with Crippen molar-refractivity contribution in [3.8, 4) is 0 Å². The van der Waals surface area contributed by atoms with Crippen LogP contribution in [0.5, 0.6) is 0 Å². The molecule has 0 amide bonds. The molecule has 3 saturated carbocycles. The normalized spacial score (nSPS) is 37.6. The van der Waals surface area contributed by atoms with Crippen molar-refractivity contribution in [2.45, 2.75) is 111 Å². The molecule has 0 bridgehead atoms. The highest BCUT2D eigenvalue weighted by Gasteiger charge is 2.61. The third kappa shape index (κ3) is 5.51. The molecule has 8 atom stereocenters. The second-order valence-electron chi connectivity index (χ2n) is 13.9. The quantitative estimate of drug-likeness (QED) is 0.166. The van der Waals surface area contributed by atoms with Gasteiger partial charge in [-0.25, -0.2) is 4.79 Å². The van der Waals surface area contributed by atoms with Gasteiger partial charge in [0.15, 0.2) is 0 Å². The topological polar surface area (TPSA) is 69.7 Å². The Bertz CT molecular complexity index is 1070. The smallest absolute Gasteiger partial charge is 0.466 e. The van der Waals surface area contributed by atoms with Gasteiger partial charge in [-0.15, -0.1) is 0 Å². The average molecular weight is 577 g/mol. The lowest BCUT2D eigenvalue weighted by Crippen LogP contribution is -2.53. The van der Waals surface area contributed by atoms with Crippen molar-refractivity contribution < 1.29 is 35.3 Å². The summed E-state index contributed by atoms with van der Waals surface area (Å²) in [4.78, 5) is 12.7. The molecular formula is C30H47F3O5S. The maximum Gasteiger partial charge on any atom is 0.534 e. The number of hydrogen-bond acceptors (Lipinski definition) is 5. The Hall–Kier alpha value is -1.25. The van der Waals surface area contributed by atoms with Crippen molar-refractivity contribution >= 4 is 16.1 Å². The molecule has 0 spiro atoms. The summed E-state index contributed by atoms with van der Waals surface area (Å²) in [5, 5.41) is 0. The monoisotopic (exact) mass is 576 g/mol. The first-order chi connectivity index (χ1) is 18.0. The molecule has 0 aromatic carbocycles. The molecule has 4 rings (SSSR count). The van der Waals surface area contributed by atoms with Crippen molar-refractivity contribution in [3.63, 3.8) is 0 Å². The first kappa shape index (κ1) is 30.7. The minimum absolute atomic E-state index is 0.0108. The lowest BCUT2D eigenvalue weighted by atomic mass is 9.44. The van der Waals surface area contributed by atoms with E-state index in [9.17, 15) is 26.4 Å². The third-order valence-corrected chi connectivity index (χ3v) is 12.5. The largest absolute Gasteiger partial charge is 0.534 e. The molecule has 0 aliphatic heterocycles. The van der Waals surface area contributed by atoms with Gasteiger partial charge in [0.1, 0.15) is 5.76 Å². The highest BCUT2D eigenvalue weighted by Crippen LogP contribution is 2.69. The Labute approximate surface area is 232 Å². The molecule has 4 aliphatic rings. The number of carbonyl (C=O) groups is 1. The van der Waals surface area contributed by atoms with Crippen LogP contribution >= 0.6 is 0 Å². The lowest BCUT2D eigenvalue weighted by Gasteiger charge is -2.60. The predicted octanol–water partition coefficient (Wildman–Crippen LogP) is 8.01. The van der Waals surface area contributed by atoms with Crippen molar-refractivity contribution in [1.82, 2.24) is 0 Å². The van der Waals surface area contributed by atoms with Crippen LogP contribution < -0.4 is 0 Å². The van der Waals surface area contributed by atoms with E-state index in [1.807, 2.05) is 0 Å². The Morgan fingerprint density at radius 2 is 1.67 bits per heavy atom. The van der Waals surface area contributed by atoms with Crippen LogP contribution in [-0.2, 0) is 23.8 Å². The van der Waals surface area contributed by atoms with E-state index in [0.717, 1.165) is 38.7 Å². The van der Waals surface area contributed by atoms with Gasteiger partial charge in [-0.05, 0) is 97.2 Å². The van der Waals surface area contributed by atoms with Gasteiger partial charge in [-0.3, -0.25) is 0 Å². The van der Waals surface area contributed by atoms with Crippen LogP contribution in [0.2, 0.25) is 0 Å². The number of hydrogen-bond donors (Lipinski definition) is 0. The fourth-order valence-corrected chi connectivity index (χ4v) is 10.1. The van der Waals surface area contributed by atoms with Crippen LogP contribution in [0.4, 0.5) is 13.2 Å². The van der Waals surface area contributed by atoms with E-state index >= 15 is 0 Å². The Kier molecular flexibility index (Phi) is 8.55. The van der Waals surface area contributed by atoms with Gasteiger partial charge in [-0.2, -0.15) is 21.6 Å². The maximum absolute atomic E-state index is 13.1. The molecule has 0 aromatic heterocycles. The van der Waals surface area contributed by atoms with Gasteiger partial charge in [0, 0.05) is 6.42 Å². The number of alkyl halides is 3. The standard InChI is InChI=1S/C30H47F3O5S/c1-18(2)8-7-9-19(3)23-12-13-24-21-11-10-20-16-26(38-39(35,36)30(31,32)33)22(27(34)37-6)17-29(20,5)25(21)14-15-28(23,24)4/h18-21,23-25H,7-17H2,1-6H3/t19-,20+,21+,23-,24+,25+,28-,29+/m1/s1. The fourth-order valence-electron chi connectivity index (χ4n) is 9.57. The molecule has 0 aromatic rings. The number of esters is 1. The molecule has 4 aliphatic carbocycles. The Balaban J connectivity index is 1.57. The van der Waals surface area contributed by atoms with Crippen molar-refractivity contribution in [3.05, 3.63) is 11.3 Å². The van der Waals surface area contributed by atoms with Crippen LogP contribution in [0.1, 0.15) is 105 Å². The first-order valence-corrected chi connectivity index (χ1v) is 16.3. The molecule has 0 heterocycles. The van der Waals surface area contributed by atoms with E-state index in [2.05, 4.69) is 38.8 Å². The van der Waals surface area contributed by atoms with E-state index < -0.39 is 27.4 Å². The van der Waals surface area contributed by atoms with Crippen LogP contribution in [0.15, 0.2) is 11.3 Å². The number of methoxy groups -OCH3 is 1. The average Bonchev–Trinajstić information content (AvgIpc) is 3.19. The zero-order valence-electron chi connectivity index (χ0n) is 24.4. The summed E-state index contributed by atoms with van der Waals surface area (Å²) in [6, 6.07) is 0. The van der Waals surface area contributed by atoms with Gasteiger partial charge in [0.05, 0.1) is 12.7 Å². The van der Waals surface area contributed by atoms with E-state index in [-0.39, 0.29) is 29.7 Å². The zero-order valence-corrected chi connectivity index (χ0v) is 25.2. The van der Waals surface area contributed by atoms with Gasteiger partial charge >= 0.3 is 21.6 Å². The minimum Gasteiger partial charge on any atom is -0.466 e. The summed E-state index contributed by atoms with van der Waals surface area (Å²) in [7, 11) is -4.70. The second kappa shape index (κ2) is 10.9. The van der Waals surface area contributed by atoms with Crippen molar-refractivity contribution in [1.29, 1.82) is 0 Å². The van der Waals surface area contributed by atoms with Gasteiger partial charge in [0.2, 0.25) is 0 Å². The number of halogens is 3. The van der Waals surface area contributed by atoms with E-state index in [1.165, 1.54) is 32.1 Å². The highest BCUT2D eigenvalue weighted by atomic mass is 32.2. The summed E-state index contributed by atoms with van der Waals surface area (Å²) in [5.74, 6) is 2.37. The lowest BCUT2D eigenvalue weighted by molar-refractivity contribution is -0.140. The van der Waals surface area contributed by atoms with Crippen LogP contribution in [-0.4, -0.2) is 27.0 Å². The maximum atomic E-state index is 13.1. The summed E-state index contributed by atoms with van der Waals surface area (Å²) < 4.78 is 72.6. The molecule has 0 unspecified atom stereocenters. The molecule has 0 radical (unpaired) electrons. The predicted molar refractivity (Wildman–Crippen MR) is 144 cm³/mol. The molecule has 9 heteroatoms. The number of ether oxygens (including phenoxy) is 1. The zero-order chi connectivity index (χ0) is 29.0. The SMILES string of the molecule is COC(=O)C1=C(OS(=O)(=O)C(F)(F)F)C[C@@H]2CC[C@@H]3[C@H](CC[C@]4(C)[C@@H]([C@H](C)CCCC(C)C)CC[C@@H]34)[C@@]2(C)C1. The van der Waals surface area contributed by atoms with E-state index in [0.29, 0.717) is 35.0 Å². The minimum atomic E-state index is -5.86. The van der Waals surface area contributed by atoms with Gasteiger partial charge in [0.25, 0.3) is 0 Å². The molecular weight excluding hydrogens is 529 g/mol.